The van der Waals surface area contributed by atoms with Gasteiger partial charge < -0.3 is 4.74 Å². The number of carbonyl (C=O) groups excluding carboxylic acids is 2. The van der Waals surface area contributed by atoms with Crippen LogP contribution in [0.15, 0.2) is 29.2 Å². The minimum Gasteiger partial charge on any atom is -0.495 e. The molecule has 8 nitrogen and oxygen atoms in total. The van der Waals surface area contributed by atoms with Gasteiger partial charge in [0.15, 0.2) is 0 Å². The lowest BCUT2D eigenvalue weighted by molar-refractivity contribution is 0.0848. The molecule has 0 aliphatic heterocycles. The van der Waals surface area contributed by atoms with Gasteiger partial charge in [0.25, 0.3) is 11.8 Å². The van der Waals surface area contributed by atoms with E-state index >= 15 is 0 Å². The normalized spacial score (nSPS) is 16.1. The first kappa shape index (κ1) is 22.3. The number of nitrogens with zero attached hydrogens (tertiary/aromatic N) is 1. The SMILES string of the molecule is COc1ccc(C(=O)NNC(=O)c2cc3c(s2)CCC(C)C3)cc1S(=O)(=O)N(C)C. The van der Waals surface area contributed by atoms with E-state index in [2.05, 4.69) is 17.8 Å². The van der Waals surface area contributed by atoms with Gasteiger partial charge in [-0.25, -0.2) is 12.7 Å². The predicted octanol–water partition coefficient (Wildman–Crippen LogP) is 2.21. The first-order chi connectivity index (χ1) is 14.1. The molecule has 0 bridgehead atoms. The van der Waals surface area contributed by atoms with Gasteiger partial charge in [-0.15, -0.1) is 11.3 Å². The van der Waals surface area contributed by atoms with Crippen molar-refractivity contribution >= 4 is 33.2 Å². The first-order valence-electron chi connectivity index (χ1n) is 9.46. The quantitative estimate of drug-likeness (QED) is 0.678. The summed E-state index contributed by atoms with van der Waals surface area (Å²) in [5.41, 5.74) is 6.04. The Balaban J connectivity index is 1.73. The number of carbonyl (C=O) groups is 2. The van der Waals surface area contributed by atoms with Gasteiger partial charge >= 0.3 is 0 Å². The number of hydrogen-bond donors (Lipinski definition) is 2. The topological polar surface area (TPSA) is 105 Å². The Kier molecular flexibility index (Phi) is 6.49. The van der Waals surface area contributed by atoms with Gasteiger partial charge in [-0.05, 0) is 55.0 Å². The fourth-order valence-corrected chi connectivity index (χ4v) is 5.46. The summed E-state index contributed by atoms with van der Waals surface area (Å²) < 4.78 is 31.2. The molecule has 162 valence electrons. The zero-order valence-electron chi connectivity index (χ0n) is 17.3. The number of benzene rings is 1. The maximum absolute atomic E-state index is 12.5. The summed E-state index contributed by atoms with van der Waals surface area (Å²) in [5.74, 6) is -0.297. The van der Waals surface area contributed by atoms with Crippen molar-refractivity contribution in [2.24, 2.45) is 5.92 Å². The molecule has 1 heterocycles. The van der Waals surface area contributed by atoms with Gasteiger partial charge in [0, 0.05) is 24.5 Å². The molecule has 1 aliphatic rings. The maximum Gasteiger partial charge on any atom is 0.279 e. The second-order valence-electron chi connectivity index (χ2n) is 7.47. The summed E-state index contributed by atoms with van der Waals surface area (Å²) in [4.78, 5) is 26.6. The predicted molar refractivity (Wildman–Crippen MR) is 114 cm³/mol. The summed E-state index contributed by atoms with van der Waals surface area (Å²) in [6.45, 7) is 2.19. The largest absolute Gasteiger partial charge is 0.495 e. The van der Waals surface area contributed by atoms with Crippen LogP contribution in [0.25, 0.3) is 0 Å². The van der Waals surface area contributed by atoms with Crippen molar-refractivity contribution < 1.29 is 22.7 Å². The Morgan fingerprint density at radius 2 is 1.87 bits per heavy atom. The van der Waals surface area contributed by atoms with Crippen molar-refractivity contribution in [2.75, 3.05) is 21.2 Å². The minimum atomic E-state index is -3.81. The van der Waals surface area contributed by atoms with Crippen molar-refractivity contribution in [3.63, 3.8) is 0 Å². The fraction of sp³-hybridized carbons (Fsp3) is 0.400. The second kappa shape index (κ2) is 8.75. The van der Waals surface area contributed by atoms with Crippen molar-refractivity contribution in [3.8, 4) is 5.75 Å². The number of nitrogens with one attached hydrogen (secondary N) is 2. The summed E-state index contributed by atoms with van der Waals surface area (Å²) in [5, 5.41) is 0. The van der Waals surface area contributed by atoms with E-state index in [1.807, 2.05) is 6.07 Å². The van der Waals surface area contributed by atoms with E-state index in [0.717, 1.165) is 23.6 Å². The number of hydrogen-bond acceptors (Lipinski definition) is 6. The zero-order valence-corrected chi connectivity index (χ0v) is 18.9. The molecule has 2 aromatic rings. The number of aryl methyl sites for hydroxylation is 1. The molecular formula is C20H25N3O5S2. The Labute approximate surface area is 180 Å². The standard InChI is InChI=1S/C20H25N3O5S2/c1-12-5-8-16-14(9-12)10-17(29-16)20(25)22-21-19(24)13-6-7-15(28-4)18(11-13)30(26,27)23(2)3/h6-7,10-12H,5,8-9H2,1-4H3,(H,21,24)(H,22,25). The molecule has 1 atom stereocenters. The van der Waals surface area contributed by atoms with Crippen LogP contribution in [0.2, 0.25) is 0 Å². The number of rotatable bonds is 5. The molecule has 2 N–H and O–H groups in total. The molecule has 3 rings (SSSR count). The molecule has 0 radical (unpaired) electrons. The van der Waals surface area contributed by atoms with Crippen molar-refractivity contribution in [3.05, 3.63) is 45.1 Å². The van der Waals surface area contributed by atoms with Crippen LogP contribution in [0.5, 0.6) is 5.75 Å². The maximum atomic E-state index is 12.5. The lowest BCUT2D eigenvalue weighted by atomic mass is 9.90. The van der Waals surface area contributed by atoms with Crippen LogP contribution in [0.4, 0.5) is 0 Å². The summed E-state index contributed by atoms with van der Waals surface area (Å²) in [7, 11) is 0.323. The lowest BCUT2D eigenvalue weighted by Gasteiger charge is -2.16. The molecule has 1 aromatic carbocycles. The molecular weight excluding hydrogens is 426 g/mol. The van der Waals surface area contributed by atoms with Crippen LogP contribution >= 0.6 is 11.3 Å². The Morgan fingerprint density at radius 1 is 1.17 bits per heavy atom. The molecule has 1 aromatic heterocycles. The van der Waals surface area contributed by atoms with E-state index < -0.39 is 21.8 Å². The highest BCUT2D eigenvalue weighted by Gasteiger charge is 2.24. The van der Waals surface area contributed by atoms with Crippen LogP contribution in [0.3, 0.4) is 0 Å². The number of ether oxygens (including phenoxy) is 1. The third kappa shape index (κ3) is 4.50. The molecule has 10 heteroatoms. The van der Waals surface area contributed by atoms with Gasteiger partial charge in [-0.2, -0.15) is 0 Å². The third-order valence-electron chi connectivity index (χ3n) is 5.03. The van der Waals surface area contributed by atoms with Gasteiger partial charge in [-0.1, -0.05) is 6.92 Å². The Hall–Kier alpha value is -2.43. The Bertz CT molecular complexity index is 1080. The van der Waals surface area contributed by atoms with Crippen LogP contribution < -0.4 is 15.6 Å². The van der Waals surface area contributed by atoms with E-state index in [-0.39, 0.29) is 16.2 Å². The number of hydrazine groups is 1. The monoisotopic (exact) mass is 451 g/mol. The van der Waals surface area contributed by atoms with Crippen LogP contribution in [0.1, 0.15) is 43.8 Å². The van der Waals surface area contributed by atoms with E-state index in [1.165, 1.54) is 61.2 Å². The first-order valence-corrected chi connectivity index (χ1v) is 11.7. The smallest absolute Gasteiger partial charge is 0.279 e. The molecule has 1 aliphatic carbocycles. The van der Waals surface area contributed by atoms with Crippen LogP contribution in [-0.4, -0.2) is 45.7 Å². The Morgan fingerprint density at radius 3 is 2.53 bits per heavy atom. The average molecular weight is 452 g/mol. The van der Waals surface area contributed by atoms with Gasteiger partial charge in [0.1, 0.15) is 10.6 Å². The minimum absolute atomic E-state index is 0.0795. The molecule has 0 saturated carbocycles. The van der Waals surface area contributed by atoms with Crippen molar-refractivity contribution in [2.45, 2.75) is 31.1 Å². The van der Waals surface area contributed by atoms with Gasteiger partial charge in [0.05, 0.1) is 12.0 Å². The molecule has 30 heavy (non-hydrogen) atoms. The average Bonchev–Trinajstić information content (AvgIpc) is 3.14. The number of thiophene rings is 1. The molecule has 0 fully saturated rings. The number of sulfonamides is 1. The summed E-state index contributed by atoms with van der Waals surface area (Å²) in [6, 6.07) is 5.94. The summed E-state index contributed by atoms with van der Waals surface area (Å²) in [6.07, 6.45) is 3.04. The highest BCUT2D eigenvalue weighted by atomic mass is 32.2. The van der Waals surface area contributed by atoms with Crippen LogP contribution in [0, 0.1) is 5.92 Å². The van der Waals surface area contributed by atoms with Gasteiger partial charge in [-0.3, -0.25) is 20.4 Å². The molecule has 2 amide bonds. The molecule has 1 unspecified atom stereocenters. The summed E-state index contributed by atoms with van der Waals surface area (Å²) >= 11 is 1.44. The number of amides is 2. The highest BCUT2D eigenvalue weighted by Crippen LogP contribution is 2.32. The van der Waals surface area contributed by atoms with E-state index in [1.54, 1.807) is 0 Å². The van der Waals surface area contributed by atoms with Crippen molar-refractivity contribution in [1.82, 2.24) is 15.2 Å². The molecule has 0 saturated heterocycles. The second-order valence-corrected chi connectivity index (χ2v) is 10.7. The van der Waals surface area contributed by atoms with E-state index in [0.29, 0.717) is 10.8 Å². The molecule has 0 spiro atoms. The highest BCUT2D eigenvalue weighted by molar-refractivity contribution is 7.89. The lowest BCUT2D eigenvalue weighted by Crippen LogP contribution is -2.41. The van der Waals surface area contributed by atoms with Crippen LogP contribution in [-0.2, 0) is 22.9 Å². The number of methoxy groups -OCH3 is 1. The fourth-order valence-electron chi connectivity index (χ4n) is 3.28. The third-order valence-corrected chi connectivity index (χ3v) is 8.10. The van der Waals surface area contributed by atoms with E-state index in [4.69, 9.17) is 4.74 Å². The zero-order chi connectivity index (χ0) is 22.1. The van der Waals surface area contributed by atoms with Gasteiger partial charge in [0.2, 0.25) is 10.0 Å². The van der Waals surface area contributed by atoms with E-state index in [9.17, 15) is 18.0 Å². The van der Waals surface area contributed by atoms with Crippen molar-refractivity contribution in [1.29, 1.82) is 0 Å². The number of fused-ring (bicyclic) bond motifs is 1.